The minimum atomic E-state index is -4.35. The van der Waals surface area contributed by atoms with Crippen LogP contribution in [-0.4, -0.2) is 62.4 Å². The predicted octanol–water partition coefficient (Wildman–Crippen LogP) is 4.29. The van der Waals surface area contributed by atoms with Crippen molar-refractivity contribution < 1.29 is 18.0 Å². The minimum Gasteiger partial charge on any atom is -0.339 e. The summed E-state index contributed by atoms with van der Waals surface area (Å²) in [5, 5.41) is 8.88. The molecule has 2 heterocycles. The van der Waals surface area contributed by atoms with Gasteiger partial charge in [-0.25, -0.2) is 0 Å². The van der Waals surface area contributed by atoms with Gasteiger partial charge in [0.1, 0.15) is 6.33 Å². The molecular weight excluding hydrogens is 463 g/mol. The van der Waals surface area contributed by atoms with Crippen molar-refractivity contribution in [3.05, 3.63) is 71.5 Å². The Balaban J connectivity index is 1.30. The molecule has 0 unspecified atom stereocenters. The number of amides is 1. The van der Waals surface area contributed by atoms with Crippen molar-refractivity contribution in [3.8, 4) is 5.69 Å². The Morgan fingerprint density at radius 1 is 1.06 bits per heavy atom. The molecule has 1 aromatic heterocycles. The molecule has 0 spiro atoms. The van der Waals surface area contributed by atoms with E-state index in [1.165, 1.54) is 29.5 Å². The van der Waals surface area contributed by atoms with Crippen LogP contribution in [0.15, 0.2) is 60.0 Å². The molecule has 1 aliphatic rings. The first-order valence-electron chi connectivity index (χ1n) is 11.1. The maximum Gasteiger partial charge on any atom is 0.416 e. The van der Waals surface area contributed by atoms with Gasteiger partial charge >= 0.3 is 6.18 Å². The highest BCUT2D eigenvalue weighted by Gasteiger charge is 2.30. The van der Waals surface area contributed by atoms with E-state index in [4.69, 9.17) is 0 Å². The Morgan fingerprint density at radius 2 is 1.82 bits per heavy atom. The molecule has 34 heavy (non-hydrogen) atoms. The fourth-order valence-electron chi connectivity index (χ4n) is 4.01. The lowest BCUT2D eigenvalue weighted by atomic mass is 10.1. The van der Waals surface area contributed by atoms with Gasteiger partial charge in [0.15, 0.2) is 5.16 Å². The highest BCUT2D eigenvalue weighted by atomic mass is 32.2. The summed E-state index contributed by atoms with van der Waals surface area (Å²) in [6.45, 7) is 4.85. The highest BCUT2D eigenvalue weighted by Crippen LogP contribution is 2.30. The number of rotatable bonds is 7. The summed E-state index contributed by atoms with van der Waals surface area (Å²) in [7, 11) is 0. The van der Waals surface area contributed by atoms with E-state index in [0.717, 1.165) is 18.2 Å². The number of halogens is 3. The Kier molecular flexibility index (Phi) is 7.57. The summed E-state index contributed by atoms with van der Waals surface area (Å²) in [5.74, 6) is 0.266. The number of alkyl halides is 3. The number of piperazine rings is 1. The number of nitrogens with zero attached hydrogens (tertiary/aromatic N) is 5. The Morgan fingerprint density at radius 3 is 2.56 bits per heavy atom. The largest absolute Gasteiger partial charge is 0.416 e. The molecule has 1 fully saturated rings. The van der Waals surface area contributed by atoms with Crippen LogP contribution in [0, 0.1) is 0 Å². The van der Waals surface area contributed by atoms with Crippen LogP contribution < -0.4 is 0 Å². The van der Waals surface area contributed by atoms with Gasteiger partial charge in [0.2, 0.25) is 5.91 Å². The maximum absolute atomic E-state index is 13.0. The van der Waals surface area contributed by atoms with Crippen LogP contribution >= 0.6 is 11.8 Å². The Bertz CT molecular complexity index is 1130. The second-order valence-corrected chi connectivity index (χ2v) is 9.05. The lowest BCUT2D eigenvalue weighted by Crippen LogP contribution is -2.48. The first kappa shape index (κ1) is 24.3. The molecule has 0 radical (unpaired) electrons. The van der Waals surface area contributed by atoms with E-state index in [1.54, 1.807) is 17.3 Å². The van der Waals surface area contributed by atoms with E-state index in [-0.39, 0.29) is 11.7 Å². The van der Waals surface area contributed by atoms with Crippen molar-refractivity contribution in [1.29, 1.82) is 0 Å². The van der Waals surface area contributed by atoms with E-state index in [1.807, 2.05) is 22.8 Å². The predicted molar refractivity (Wildman–Crippen MR) is 125 cm³/mol. The van der Waals surface area contributed by atoms with Crippen LogP contribution in [-0.2, 0) is 23.9 Å². The van der Waals surface area contributed by atoms with Gasteiger partial charge < -0.3 is 4.90 Å². The van der Waals surface area contributed by atoms with Gasteiger partial charge in [-0.2, -0.15) is 13.2 Å². The molecule has 0 atom stereocenters. The summed E-state index contributed by atoms with van der Waals surface area (Å²) in [6.07, 6.45) is -1.81. The van der Waals surface area contributed by atoms with E-state index >= 15 is 0 Å². The molecule has 2 aromatic carbocycles. The third-order valence-corrected chi connectivity index (χ3v) is 6.79. The van der Waals surface area contributed by atoms with Crippen LogP contribution in [0.25, 0.3) is 5.69 Å². The first-order chi connectivity index (χ1) is 16.3. The summed E-state index contributed by atoms with van der Waals surface area (Å²) in [4.78, 5) is 16.7. The second-order valence-electron chi connectivity index (χ2n) is 8.11. The number of benzene rings is 2. The fourth-order valence-corrected chi connectivity index (χ4v) is 4.83. The van der Waals surface area contributed by atoms with Crippen LogP contribution in [0.3, 0.4) is 0 Å². The summed E-state index contributed by atoms with van der Waals surface area (Å²) >= 11 is 1.35. The number of thioether (sulfide) groups is 1. The highest BCUT2D eigenvalue weighted by molar-refractivity contribution is 7.99. The summed E-state index contributed by atoms with van der Waals surface area (Å²) < 4.78 is 40.8. The molecule has 1 amide bonds. The zero-order valence-corrected chi connectivity index (χ0v) is 19.6. The number of carbonyl (C=O) groups is 1. The molecule has 4 rings (SSSR count). The van der Waals surface area contributed by atoms with Crippen molar-refractivity contribution in [1.82, 2.24) is 24.6 Å². The second kappa shape index (κ2) is 10.6. The number of aromatic nitrogens is 3. The number of hydrogen-bond acceptors (Lipinski definition) is 5. The lowest BCUT2D eigenvalue weighted by Gasteiger charge is -2.34. The first-order valence-corrected chi connectivity index (χ1v) is 12.1. The van der Waals surface area contributed by atoms with Crippen LogP contribution in [0.5, 0.6) is 0 Å². The molecule has 0 bridgehead atoms. The number of para-hydroxylation sites is 1. The fraction of sp³-hybridized carbons (Fsp3) is 0.375. The third-order valence-electron chi connectivity index (χ3n) is 5.86. The molecule has 6 nitrogen and oxygen atoms in total. The molecule has 3 aromatic rings. The van der Waals surface area contributed by atoms with E-state index in [2.05, 4.69) is 28.1 Å². The van der Waals surface area contributed by atoms with Gasteiger partial charge in [0, 0.05) is 32.7 Å². The quantitative estimate of drug-likeness (QED) is 0.464. The SMILES string of the molecule is CCc1ccccc1-n1cnnc1SCC(=O)N1CCN(Cc2cccc(C(F)(F)F)c2)CC1. The zero-order valence-electron chi connectivity index (χ0n) is 18.8. The van der Waals surface area contributed by atoms with Gasteiger partial charge in [0.05, 0.1) is 17.0 Å². The van der Waals surface area contributed by atoms with Crippen LogP contribution in [0.4, 0.5) is 13.2 Å². The molecule has 0 aliphatic carbocycles. The normalized spacial score (nSPS) is 15.0. The third kappa shape index (κ3) is 5.79. The average molecular weight is 490 g/mol. The number of carbonyl (C=O) groups excluding carboxylic acids is 1. The van der Waals surface area contributed by atoms with E-state index < -0.39 is 11.7 Å². The average Bonchev–Trinajstić information content (AvgIpc) is 3.31. The van der Waals surface area contributed by atoms with Gasteiger partial charge in [-0.1, -0.05) is 55.1 Å². The Labute approximate surface area is 200 Å². The molecule has 1 aliphatic heterocycles. The van der Waals surface area contributed by atoms with Gasteiger partial charge in [-0.15, -0.1) is 10.2 Å². The van der Waals surface area contributed by atoms with E-state index in [0.29, 0.717) is 43.4 Å². The number of hydrogen-bond donors (Lipinski definition) is 0. The molecule has 1 saturated heterocycles. The minimum absolute atomic E-state index is 0.0158. The van der Waals surface area contributed by atoms with E-state index in [9.17, 15) is 18.0 Å². The van der Waals surface area contributed by atoms with Crippen molar-refractivity contribution in [2.75, 3.05) is 31.9 Å². The lowest BCUT2D eigenvalue weighted by molar-refractivity contribution is -0.137. The molecule has 0 saturated carbocycles. The van der Waals surface area contributed by atoms with Gasteiger partial charge in [-0.05, 0) is 29.7 Å². The summed E-state index contributed by atoms with van der Waals surface area (Å²) in [5.41, 5.74) is 2.17. The van der Waals surface area contributed by atoms with Crippen molar-refractivity contribution in [2.24, 2.45) is 0 Å². The molecule has 0 N–H and O–H groups in total. The van der Waals surface area contributed by atoms with Gasteiger partial charge in [0.25, 0.3) is 0 Å². The molecule has 10 heteroatoms. The summed E-state index contributed by atoms with van der Waals surface area (Å²) in [6, 6.07) is 13.5. The Hall–Kier alpha value is -2.85. The number of aryl methyl sites for hydroxylation is 1. The zero-order chi connectivity index (χ0) is 24.1. The molecular formula is C24H26F3N5OS. The van der Waals surface area contributed by atoms with Crippen molar-refractivity contribution in [2.45, 2.75) is 31.2 Å². The van der Waals surface area contributed by atoms with Crippen LogP contribution in [0.2, 0.25) is 0 Å². The van der Waals surface area contributed by atoms with Gasteiger partial charge in [-0.3, -0.25) is 14.3 Å². The topological polar surface area (TPSA) is 54.3 Å². The smallest absolute Gasteiger partial charge is 0.339 e. The standard InChI is InChI=1S/C24H26F3N5OS/c1-2-19-7-3-4-9-21(19)32-17-28-29-23(32)34-16-22(33)31-12-10-30(11-13-31)15-18-6-5-8-20(14-18)24(25,26)27/h3-9,14,17H,2,10-13,15-16H2,1H3. The van der Waals surface area contributed by atoms with Crippen molar-refractivity contribution >= 4 is 17.7 Å². The van der Waals surface area contributed by atoms with Crippen LogP contribution in [0.1, 0.15) is 23.6 Å². The van der Waals surface area contributed by atoms with Crippen molar-refractivity contribution in [3.63, 3.8) is 0 Å². The maximum atomic E-state index is 13.0. The molecule has 180 valence electrons. The monoisotopic (exact) mass is 489 g/mol.